The molecule has 0 bridgehead atoms. The lowest BCUT2D eigenvalue weighted by Crippen LogP contribution is -2.37. The van der Waals surface area contributed by atoms with E-state index >= 15 is 0 Å². The highest BCUT2D eigenvalue weighted by Crippen LogP contribution is 2.43. The maximum Gasteiger partial charge on any atom is 0.524 e. The summed E-state index contributed by atoms with van der Waals surface area (Å²) >= 11 is 5.94. The van der Waals surface area contributed by atoms with E-state index in [9.17, 15) is 19.5 Å². The first-order valence-corrected chi connectivity index (χ1v) is 18.4. The molecule has 3 N–H and O–H groups in total. The van der Waals surface area contributed by atoms with Gasteiger partial charge in [-0.25, -0.2) is 4.57 Å². The lowest BCUT2D eigenvalue weighted by molar-refractivity contribution is -0.370. The summed E-state index contributed by atoms with van der Waals surface area (Å²) in [5.74, 6) is -2.49. The molecule has 0 aliphatic rings. The molecule has 0 amide bonds. The van der Waals surface area contributed by atoms with Crippen LogP contribution < -0.4 is 4.52 Å². The number of phosphoric acid groups is 1. The number of rotatable bonds is 11. The van der Waals surface area contributed by atoms with Gasteiger partial charge in [-0.2, -0.15) is 0 Å². The maximum atomic E-state index is 11.4. The molecule has 0 spiro atoms. The molecule has 28 heavy (non-hydrogen) atoms. The van der Waals surface area contributed by atoms with Crippen LogP contribution in [0.5, 0.6) is 5.75 Å². The van der Waals surface area contributed by atoms with E-state index in [4.69, 9.17) is 25.6 Å². The van der Waals surface area contributed by atoms with Gasteiger partial charge >= 0.3 is 13.8 Å². The predicted octanol–water partition coefficient (Wildman–Crippen LogP) is 4.62. The first-order chi connectivity index (χ1) is 12.5. The standard InChI is InChI=1S/C17H32ClO7PSi2/c1-27(2,3)11-9-23-17(19,24-10-12-28(4,5)6)15-8-7-14(18)13-16(15)25-26(20,21)22/h7-8,13,19H,9-12H2,1-6H3,(H2,20,21,22). The van der Waals surface area contributed by atoms with Crippen LogP contribution in [-0.4, -0.2) is 44.3 Å². The summed E-state index contributed by atoms with van der Waals surface area (Å²) in [5, 5.41) is 11.3. The van der Waals surface area contributed by atoms with Crippen molar-refractivity contribution in [3.05, 3.63) is 28.8 Å². The second-order valence-corrected chi connectivity index (χ2v) is 22.0. The second-order valence-electron chi connectivity index (χ2n) is 9.12. The average molecular weight is 471 g/mol. The van der Waals surface area contributed by atoms with Crippen molar-refractivity contribution in [2.24, 2.45) is 0 Å². The molecule has 0 aliphatic carbocycles. The molecular weight excluding hydrogens is 439 g/mol. The van der Waals surface area contributed by atoms with Crippen molar-refractivity contribution >= 4 is 35.6 Å². The number of benzene rings is 1. The van der Waals surface area contributed by atoms with Crippen LogP contribution in [0.2, 0.25) is 56.4 Å². The summed E-state index contributed by atoms with van der Waals surface area (Å²) in [6, 6.07) is 5.61. The molecule has 1 aromatic rings. The predicted molar refractivity (Wildman–Crippen MR) is 116 cm³/mol. The fourth-order valence-electron chi connectivity index (χ4n) is 2.15. The van der Waals surface area contributed by atoms with Crippen molar-refractivity contribution in [3.63, 3.8) is 0 Å². The van der Waals surface area contributed by atoms with Crippen LogP contribution >= 0.6 is 19.4 Å². The monoisotopic (exact) mass is 470 g/mol. The third-order valence-electron chi connectivity index (χ3n) is 3.80. The van der Waals surface area contributed by atoms with Gasteiger partial charge in [-0.15, -0.1) is 0 Å². The van der Waals surface area contributed by atoms with Crippen LogP contribution in [0.15, 0.2) is 18.2 Å². The van der Waals surface area contributed by atoms with E-state index in [-0.39, 0.29) is 29.5 Å². The number of ether oxygens (including phenoxy) is 2. The Bertz CT molecular complexity index is 678. The van der Waals surface area contributed by atoms with Crippen LogP contribution in [0.3, 0.4) is 0 Å². The van der Waals surface area contributed by atoms with E-state index in [0.29, 0.717) is 0 Å². The van der Waals surface area contributed by atoms with E-state index in [1.807, 2.05) is 0 Å². The molecular formula is C17H32ClO7PSi2. The minimum atomic E-state index is -4.88. The number of hydrogen-bond donors (Lipinski definition) is 3. The molecule has 162 valence electrons. The van der Waals surface area contributed by atoms with Crippen LogP contribution in [0.1, 0.15) is 5.56 Å². The summed E-state index contributed by atoms with van der Waals surface area (Å²) in [6.45, 7) is 13.5. The number of hydrogen-bond acceptors (Lipinski definition) is 5. The quantitative estimate of drug-likeness (QED) is 0.246. The van der Waals surface area contributed by atoms with Crippen LogP contribution in [0.25, 0.3) is 0 Å². The SMILES string of the molecule is C[Si](C)(C)CCOC(O)(OCC[Si](C)(C)C)c1ccc(Cl)cc1OP(=O)(O)O. The van der Waals surface area contributed by atoms with Crippen molar-refractivity contribution in [3.8, 4) is 5.75 Å². The molecule has 0 radical (unpaired) electrons. The van der Waals surface area contributed by atoms with Crippen molar-refractivity contribution < 1.29 is 33.5 Å². The average Bonchev–Trinajstić information content (AvgIpc) is 2.42. The lowest BCUT2D eigenvalue weighted by atomic mass is 10.1. The Balaban J connectivity index is 3.20. The van der Waals surface area contributed by atoms with Crippen LogP contribution in [-0.2, 0) is 20.0 Å². The zero-order valence-corrected chi connectivity index (χ0v) is 21.0. The van der Waals surface area contributed by atoms with Gasteiger partial charge in [0.15, 0.2) is 0 Å². The van der Waals surface area contributed by atoms with Crippen molar-refractivity contribution in [1.82, 2.24) is 0 Å². The second kappa shape index (κ2) is 9.72. The zero-order chi connectivity index (χ0) is 21.8. The largest absolute Gasteiger partial charge is 0.524 e. The van der Waals surface area contributed by atoms with Crippen LogP contribution in [0.4, 0.5) is 0 Å². The lowest BCUT2D eigenvalue weighted by Gasteiger charge is -2.31. The minimum absolute atomic E-state index is 0.0358. The van der Waals surface area contributed by atoms with Gasteiger partial charge in [0.05, 0.1) is 18.8 Å². The van der Waals surface area contributed by atoms with E-state index in [1.54, 1.807) is 0 Å². The van der Waals surface area contributed by atoms with Crippen molar-refractivity contribution in [2.75, 3.05) is 13.2 Å². The topological polar surface area (TPSA) is 105 Å². The molecule has 7 nitrogen and oxygen atoms in total. The molecule has 0 heterocycles. The van der Waals surface area contributed by atoms with Gasteiger partial charge in [0.25, 0.3) is 0 Å². The normalized spacial score (nSPS) is 13.6. The van der Waals surface area contributed by atoms with E-state index in [0.717, 1.165) is 12.1 Å². The molecule has 1 aromatic carbocycles. The van der Waals surface area contributed by atoms with Crippen LogP contribution in [0, 0.1) is 0 Å². The molecule has 0 aromatic heterocycles. The summed E-state index contributed by atoms with van der Waals surface area (Å²) in [7, 11) is -7.76. The highest BCUT2D eigenvalue weighted by molar-refractivity contribution is 7.46. The van der Waals surface area contributed by atoms with Crippen molar-refractivity contribution in [1.29, 1.82) is 0 Å². The fourth-order valence-corrected chi connectivity index (χ4v) is 4.15. The summed E-state index contributed by atoms with van der Waals surface area (Å²) in [6.07, 6.45) is 0. The highest BCUT2D eigenvalue weighted by atomic mass is 35.5. The number of halogens is 1. The molecule has 0 fully saturated rings. The Labute approximate surface area is 174 Å². The van der Waals surface area contributed by atoms with Gasteiger partial charge in [-0.1, -0.05) is 50.9 Å². The maximum absolute atomic E-state index is 11.4. The smallest absolute Gasteiger partial charge is 0.404 e. The fraction of sp³-hybridized carbons (Fsp3) is 0.647. The van der Waals surface area contributed by atoms with Gasteiger partial charge in [-0.3, -0.25) is 9.79 Å². The summed E-state index contributed by atoms with van der Waals surface area (Å²) < 4.78 is 27.5. The summed E-state index contributed by atoms with van der Waals surface area (Å²) in [4.78, 5) is 18.4. The molecule has 1 rings (SSSR count). The molecule has 0 saturated heterocycles. The van der Waals surface area contributed by atoms with Gasteiger partial charge in [0, 0.05) is 21.2 Å². The zero-order valence-electron chi connectivity index (χ0n) is 17.4. The Hall–Kier alpha value is -0.226. The van der Waals surface area contributed by atoms with E-state index in [1.165, 1.54) is 18.2 Å². The number of phosphoric ester groups is 1. The molecule has 0 aliphatic heterocycles. The van der Waals surface area contributed by atoms with E-state index < -0.39 is 29.9 Å². The Kier molecular flexibility index (Phi) is 8.96. The third-order valence-corrected chi connectivity index (χ3v) is 7.88. The molecule has 0 saturated carbocycles. The Morgan fingerprint density at radius 1 is 1.00 bits per heavy atom. The van der Waals surface area contributed by atoms with Gasteiger partial charge < -0.3 is 19.1 Å². The summed E-state index contributed by atoms with van der Waals surface area (Å²) in [5.41, 5.74) is -0.0358. The number of aliphatic hydroxyl groups is 1. The first kappa shape index (κ1) is 25.8. The molecule has 0 atom stereocenters. The molecule has 0 unspecified atom stereocenters. The Morgan fingerprint density at radius 2 is 1.46 bits per heavy atom. The van der Waals surface area contributed by atoms with Gasteiger partial charge in [-0.05, 0) is 30.3 Å². The molecule has 11 heteroatoms. The third kappa shape index (κ3) is 10.00. The van der Waals surface area contributed by atoms with Gasteiger partial charge in [0.2, 0.25) is 0 Å². The highest BCUT2D eigenvalue weighted by Gasteiger charge is 2.38. The van der Waals surface area contributed by atoms with Crippen molar-refractivity contribution in [2.45, 2.75) is 57.3 Å². The first-order valence-electron chi connectivity index (χ1n) is 9.06. The van der Waals surface area contributed by atoms with E-state index in [2.05, 4.69) is 39.3 Å². The minimum Gasteiger partial charge on any atom is -0.404 e. The van der Waals surface area contributed by atoms with Gasteiger partial charge in [0.1, 0.15) is 5.75 Å². The Morgan fingerprint density at radius 3 is 1.86 bits per heavy atom.